The molecule has 0 saturated carbocycles. The molecule has 308 valence electrons. The fraction of sp³-hybridized carbons (Fsp3) is 0.281. The molecular weight excluding hydrogens is 847 g/mol. The average molecular weight is 907 g/mol. The van der Waals surface area contributed by atoms with Gasteiger partial charge >= 0.3 is 112 Å². The minimum Gasteiger partial charge on any atom is -1.00 e. The van der Waals surface area contributed by atoms with Gasteiger partial charge in [0, 0.05) is 0 Å². The van der Waals surface area contributed by atoms with Gasteiger partial charge in [0.1, 0.15) is 0 Å². The fourth-order valence-corrected chi connectivity index (χ4v) is 9.30. The summed E-state index contributed by atoms with van der Waals surface area (Å²) in [6.07, 6.45) is 9.96. The predicted octanol–water partition coefficient (Wildman–Crippen LogP) is 9.03. The number of halogens is 2. The van der Waals surface area contributed by atoms with E-state index in [1.165, 1.54) is 140 Å². The van der Waals surface area contributed by atoms with Crippen molar-refractivity contribution in [2.75, 3.05) is 0 Å². The maximum atomic E-state index is 3.78. The molecule has 0 amide bonds. The van der Waals surface area contributed by atoms with Crippen LogP contribution in [0.1, 0.15) is 101 Å². The zero-order valence-electron chi connectivity index (χ0n) is 37.7. The molecule has 8 rings (SSSR count). The van der Waals surface area contributed by atoms with Gasteiger partial charge in [-0.15, -0.1) is 29.3 Å². The molecule has 0 fully saturated rings. The van der Waals surface area contributed by atoms with Gasteiger partial charge in [-0.1, -0.05) is 127 Å². The molecule has 60 heavy (non-hydrogen) atoms. The molecule has 0 N–H and O–H groups in total. The van der Waals surface area contributed by atoms with Crippen molar-refractivity contribution in [2.24, 2.45) is 11.3 Å². The number of hydrogen-bond donors (Lipinski definition) is 0. The van der Waals surface area contributed by atoms with E-state index in [1.54, 1.807) is 0 Å². The molecular formula is C57H60Cl2Zr-2. The summed E-state index contributed by atoms with van der Waals surface area (Å²) in [5.41, 5.74) is 25.7. The molecule has 0 nitrogen and oxygen atoms in total. The predicted molar refractivity (Wildman–Crippen MR) is 248 cm³/mol. The topological polar surface area (TPSA) is 0 Å². The summed E-state index contributed by atoms with van der Waals surface area (Å²) in [5.74, 6) is 0.573. The van der Waals surface area contributed by atoms with Crippen molar-refractivity contribution >= 4 is 3.21 Å². The van der Waals surface area contributed by atoms with Crippen molar-refractivity contribution in [3.8, 4) is 33.4 Å². The molecule has 0 saturated heterocycles. The van der Waals surface area contributed by atoms with Crippen LogP contribution in [-0.4, -0.2) is 3.21 Å². The van der Waals surface area contributed by atoms with Crippen molar-refractivity contribution < 1.29 is 49.0 Å². The maximum absolute atomic E-state index is 3.78. The van der Waals surface area contributed by atoms with Crippen molar-refractivity contribution in [1.29, 1.82) is 0 Å². The first-order valence-corrected chi connectivity index (χ1v) is 22.1. The third-order valence-corrected chi connectivity index (χ3v) is 12.9. The molecule has 2 aliphatic rings. The van der Waals surface area contributed by atoms with Crippen LogP contribution in [0.3, 0.4) is 0 Å². The Morgan fingerprint density at radius 2 is 1.08 bits per heavy atom. The van der Waals surface area contributed by atoms with Crippen LogP contribution in [0.5, 0.6) is 0 Å². The van der Waals surface area contributed by atoms with E-state index in [-0.39, 0.29) is 24.8 Å². The largest absolute Gasteiger partial charge is 1.00 e. The van der Waals surface area contributed by atoms with E-state index in [0.717, 1.165) is 6.42 Å². The van der Waals surface area contributed by atoms with Crippen molar-refractivity contribution in [3.05, 3.63) is 200 Å². The van der Waals surface area contributed by atoms with Crippen molar-refractivity contribution in [1.82, 2.24) is 0 Å². The SMILES string of the molecule is CCC1[C-]=CC(C(C)(C)C)=C1.Cc1cc(C)c(-c2[c-]c3c(cc2)-c2ccc(-c4c(C)cc(C)cc4C)cc2C3)c(C)c1.Cc1ccc([C](=[Zr+2])c2ccc(C)cc2)cc1.[Cl-].[Cl-]. The standard InChI is InChI=1S/C31H29.C15H14.C11H17.2ClH.Zr/c1-18-11-20(3)30(21(4)12-18)24-7-9-28-26(15-24)17-27-16-25(8-10-29(27)28)31-22(5)13-19(2)14-23(31)6;1-12-3-7-14(8-4-12)11-15-9-5-13(2)6-10-15;1-5-9-6-7-10(8-9)11(2,3)4;;;/h7-15H,17H2,1-6H3;3-10H,1-2H3;7-9H,5H2,1-4H3;2*1H;/q-1;;-1;;;+2/p-2. The zero-order chi connectivity index (χ0) is 41.9. The van der Waals surface area contributed by atoms with Gasteiger partial charge in [0.2, 0.25) is 0 Å². The summed E-state index contributed by atoms with van der Waals surface area (Å²) in [7, 11) is 0. The second-order valence-electron chi connectivity index (χ2n) is 17.7. The van der Waals surface area contributed by atoms with Gasteiger partial charge in [-0.3, -0.25) is 6.08 Å². The van der Waals surface area contributed by atoms with Gasteiger partial charge in [0.05, 0.1) is 0 Å². The molecule has 0 bridgehead atoms. The fourth-order valence-electron chi connectivity index (χ4n) is 8.48. The Morgan fingerprint density at radius 3 is 1.53 bits per heavy atom. The Bertz CT molecular complexity index is 2330. The van der Waals surface area contributed by atoms with Crippen molar-refractivity contribution in [2.45, 2.75) is 95.9 Å². The molecule has 1 unspecified atom stereocenters. The van der Waals surface area contributed by atoms with E-state index >= 15 is 0 Å². The van der Waals surface area contributed by atoms with Gasteiger partial charge in [-0.25, -0.2) is 6.08 Å². The van der Waals surface area contributed by atoms with Crippen molar-refractivity contribution in [3.63, 3.8) is 0 Å². The first kappa shape index (κ1) is 48.8. The number of benzene rings is 6. The van der Waals surface area contributed by atoms with E-state index < -0.39 is 0 Å². The summed E-state index contributed by atoms with van der Waals surface area (Å²) >= 11 is 1.46. The summed E-state index contributed by atoms with van der Waals surface area (Å²) < 4.78 is 1.42. The quantitative estimate of drug-likeness (QED) is 0.152. The summed E-state index contributed by atoms with van der Waals surface area (Å²) in [6.45, 7) is 26.4. The van der Waals surface area contributed by atoms with Crippen LogP contribution in [0.15, 0.2) is 121 Å². The normalized spacial score (nSPS) is 13.4. The van der Waals surface area contributed by atoms with Gasteiger partial charge in [-0.2, -0.15) is 11.6 Å². The maximum Gasteiger partial charge on any atom is -1.00 e. The number of fused-ring (bicyclic) bond motifs is 3. The van der Waals surface area contributed by atoms with Crippen LogP contribution in [0.2, 0.25) is 0 Å². The summed E-state index contributed by atoms with van der Waals surface area (Å²) in [4.78, 5) is 0. The van der Waals surface area contributed by atoms with E-state index in [9.17, 15) is 0 Å². The molecule has 3 heteroatoms. The smallest absolute Gasteiger partial charge is 1.00 e. The third kappa shape index (κ3) is 11.5. The van der Waals surface area contributed by atoms with Crippen LogP contribution in [0.4, 0.5) is 0 Å². The van der Waals surface area contributed by atoms with Gasteiger partial charge in [0.25, 0.3) is 0 Å². The number of hydrogen-bond acceptors (Lipinski definition) is 0. The minimum absolute atomic E-state index is 0. The monoisotopic (exact) mass is 904 g/mol. The Morgan fingerprint density at radius 1 is 0.600 bits per heavy atom. The Hall–Kier alpha value is -3.87. The third-order valence-electron chi connectivity index (χ3n) is 11.5. The molecule has 1 atom stereocenters. The molecule has 0 spiro atoms. The molecule has 0 radical (unpaired) electrons. The van der Waals surface area contributed by atoms with Crippen LogP contribution < -0.4 is 24.8 Å². The average Bonchev–Trinajstić information content (AvgIpc) is 3.80. The molecule has 0 aromatic heterocycles. The van der Waals surface area contributed by atoms with Crippen LogP contribution >= 0.6 is 0 Å². The Labute approximate surface area is 389 Å². The summed E-state index contributed by atoms with van der Waals surface area (Å²) in [6, 6.07) is 42.0. The van der Waals surface area contributed by atoms with Crippen LogP contribution in [-0.2, 0) is 30.7 Å². The zero-order valence-corrected chi connectivity index (χ0v) is 41.7. The van der Waals surface area contributed by atoms with Gasteiger partial charge in [-0.05, 0) is 75.8 Å². The van der Waals surface area contributed by atoms with Gasteiger partial charge < -0.3 is 24.8 Å². The number of aryl methyl sites for hydroxylation is 8. The van der Waals surface area contributed by atoms with Crippen LogP contribution in [0.25, 0.3) is 33.4 Å². The minimum atomic E-state index is 0. The molecule has 0 heterocycles. The molecule has 0 aliphatic heterocycles. The van der Waals surface area contributed by atoms with E-state index in [0.29, 0.717) is 11.3 Å². The Kier molecular flexibility index (Phi) is 16.9. The first-order chi connectivity index (χ1) is 27.5. The second-order valence-corrected chi connectivity index (χ2v) is 18.9. The Balaban J connectivity index is 0.000000229. The molecule has 6 aromatic carbocycles. The molecule has 2 aliphatic carbocycles. The number of rotatable bonds is 5. The van der Waals surface area contributed by atoms with E-state index in [2.05, 4.69) is 211 Å². The first-order valence-electron chi connectivity index (χ1n) is 20.9. The van der Waals surface area contributed by atoms with E-state index in [1.807, 2.05) is 0 Å². The molecule has 6 aromatic rings. The summed E-state index contributed by atoms with van der Waals surface area (Å²) in [5, 5.41) is 0. The van der Waals surface area contributed by atoms with E-state index in [4.69, 9.17) is 0 Å². The second kappa shape index (κ2) is 20.8. The van der Waals surface area contributed by atoms with Crippen LogP contribution in [0, 0.1) is 78.9 Å². The van der Waals surface area contributed by atoms with Gasteiger partial charge in [0.15, 0.2) is 0 Å². The number of allylic oxidation sites excluding steroid dienone is 4.